The highest BCUT2D eigenvalue weighted by Gasteiger charge is 2.17. The third kappa shape index (κ3) is 5.58. The van der Waals surface area contributed by atoms with Crippen LogP contribution in [-0.2, 0) is 9.53 Å². The van der Waals surface area contributed by atoms with Crippen molar-refractivity contribution in [3.05, 3.63) is 88.3 Å². The van der Waals surface area contributed by atoms with E-state index in [-0.39, 0.29) is 23.3 Å². The number of anilines is 1. The minimum absolute atomic E-state index is 0.0216. The molecule has 9 heteroatoms. The molecule has 0 spiro atoms. The predicted octanol–water partition coefficient (Wildman–Crippen LogP) is 4.39. The molecule has 0 saturated heterocycles. The van der Waals surface area contributed by atoms with Crippen molar-refractivity contribution in [1.29, 1.82) is 0 Å². The highest BCUT2D eigenvalue weighted by molar-refractivity contribution is 7.99. The molecule has 2 aromatic carbocycles. The van der Waals surface area contributed by atoms with Crippen molar-refractivity contribution in [1.82, 2.24) is 14.5 Å². The molecular weight excluding hydrogens is 464 g/mol. The topological polar surface area (TPSA) is 103 Å². The highest BCUT2D eigenvalue weighted by Crippen LogP contribution is 2.22. The van der Waals surface area contributed by atoms with Gasteiger partial charge in [0.05, 0.1) is 28.3 Å². The minimum atomic E-state index is -0.418. The number of carbonyl (C=O) groups is 2. The molecule has 0 aliphatic carbocycles. The van der Waals surface area contributed by atoms with Gasteiger partial charge in [0, 0.05) is 11.9 Å². The summed E-state index contributed by atoms with van der Waals surface area (Å²) in [5.41, 5.74) is 2.06. The van der Waals surface area contributed by atoms with E-state index in [0.717, 1.165) is 17.3 Å². The number of hydrogen-bond donors (Lipinski definition) is 1. The second-order valence-corrected chi connectivity index (χ2v) is 9.01. The van der Waals surface area contributed by atoms with Gasteiger partial charge in [-0.1, -0.05) is 30.0 Å². The van der Waals surface area contributed by atoms with Crippen LogP contribution >= 0.6 is 11.8 Å². The maximum absolute atomic E-state index is 13.3. The average molecular weight is 489 g/mol. The minimum Gasteiger partial charge on any atom is -0.459 e. The molecule has 0 aliphatic rings. The predicted molar refractivity (Wildman–Crippen MR) is 136 cm³/mol. The first-order valence-electron chi connectivity index (χ1n) is 11.0. The van der Waals surface area contributed by atoms with E-state index < -0.39 is 5.97 Å². The first-order valence-corrected chi connectivity index (χ1v) is 12.0. The molecule has 1 N–H and O–H groups in total. The van der Waals surface area contributed by atoms with Crippen LogP contribution in [0, 0.1) is 6.92 Å². The van der Waals surface area contributed by atoms with Crippen LogP contribution < -0.4 is 10.9 Å². The van der Waals surface area contributed by atoms with E-state index in [1.54, 1.807) is 68.6 Å². The molecule has 0 saturated carbocycles. The van der Waals surface area contributed by atoms with Crippen LogP contribution in [0.25, 0.3) is 16.7 Å². The zero-order valence-electron chi connectivity index (χ0n) is 19.5. The Hall–Kier alpha value is -3.98. The van der Waals surface area contributed by atoms with Crippen LogP contribution in [0.15, 0.2) is 76.8 Å². The Morgan fingerprint density at radius 1 is 1.06 bits per heavy atom. The Morgan fingerprint density at radius 3 is 2.51 bits per heavy atom. The number of carbonyl (C=O) groups excluding carboxylic acids is 2. The van der Waals surface area contributed by atoms with Gasteiger partial charge in [0.1, 0.15) is 5.82 Å². The summed E-state index contributed by atoms with van der Waals surface area (Å²) in [5.74, 6) is -0.200. The zero-order chi connectivity index (χ0) is 24.9. The van der Waals surface area contributed by atoms with E-state index in [9.17, 15) is 14.4 Å². The number of esters is 1. The van der Waals surface area contributed by atoms with Crippen LogP contribution in [0.3, 0.4) is 0 Å². The van der Waals surface area contributed by atoms with E-state index in [1.165, 1.54) is 4.57 Å². The molecule has 1 amide bonds. The van der Waals surface area contributed by atoms with Crippen LogP contribution in [0.1, 0.15) is 29.8 Å². The zero-order valence-corrected chi connectivity index (χ0v) is 20.3. The largest absolute Gasteiger partial charge is 0.459 e. The van der Waals surface area contributed by atoms with Gasteiger partial charge in [-0.2, -0.15) is 0 Å². The lowest BCUT2D eigenvalue weighted by molar-refractivity contribution is -0.113. The average Bonchev–Trinajstić information content (AvgIpc) is 2.83. The lowest BCUT2D eigenvalue weighted by Gasteiger charge is -2.14. The van der Waals surface area contributed by atoms with E-state index in [4.69, 9.17) is 4.74 Å². The summed E-state index contributed by atoms with van der Waals surface area (Å²) in [6.45, 7) is 5.43. The third-order valence-electron chi connectivity index (χ3n) is 5.02. The SMILES string of the molecule is Cc1cccnc1-n1c(SCC(=O)Nc2ccc(C(=O)OC(C)C)cc2)nc2ccccc2c1=O. The number of pyridine rings is 1. The van der Waals surface area contributed by atoms with Crippen molar-refractivity contribution >= 4 is 40.2 Å². The molecule has 4 aromatic rings. The fraction of sp³-hybridized carbons (Fsp3) is 0.192. The Morgan fingerprint density at radius 2 is 1.80 bits per heavy atom. The number of nitrogens with one attached hydrogen (secondary N) is 1. The Labute approximate surface area is 206 Å². The van der Waals surface area contributed by atoms with Gasteiger partial charge in [-0.3, -0.25) is 9.59 Å². The second-order valence-electron chi connectivity index (χ2n) is 8.06. The molecule has 35 heavy (non-hydrogen) atoms. The van der Waals surface area contributed by atoms with Gasteiger partial charge in [-0.15, -0.1) is 0 Å². The number of rotatable bonds is 7. The number of aryl methyl sites for hydroxylation is 1. The smallest absolute Gasteiger partial charge is 0.338 e. The lowest BCUT2D eigenvalue weighted by Crippen LogP contribution is -2.24. The number of hydrogen-bond acceptors (Lipinski definition) is 7. The van der Waals surface area contributed by atoms with Crippen LogP contribution in [-0.4, -0.2) is 38.3 Å². The van der Waals surface area contributed by atoms with Crippen LogP contribution in [0.2, 0.25) is 0 Å². The molecule has 0 fully saturated rings. The number of benzene rings is 2. The Balaban J connectivity index is 1.54. The standard InChI is InChI=1S/C26H24N4O4S/c1-16(2)34-25(33)18-10-12-19(13-11-18)28-22(31)15-35-26-29-21-9-5-4-8-20(21)24(32)30(26)23-17(3)7-6-14-27-23/h4-14,16H,15H2,1-3H3,(H,28,31). The summed E-state index contributed by atoms with van der Waals surface area (Å²) in [6.07, 6.45) is 1.40. The molecule has 0 aliphatic heterocycles. The molecule has 0 unspecified atom stereocenters. The molecule has 0 bridgehead atoms. The number of ether oxygens (including phenoxy) is 1. The molecule has 8 nitrogen and oxygen atoms in total. The van der Waals surface area contributed by atoms with Gasteiger partial charge in [-0.05, 0) is 68.8 Å². The van der Waals surface area contributed by atoms with E-state index in [1.807, 2.05) is 19.1 Å². The first kappa shape index (κ1) is 24.2. The lowest BCUT2D eigenvalue weighted by atomic mass is 10.2. The number of aromatic nitrogens is 3. The van der Waals surface area contributed by atoms with Gasteiger partial charge in [0.15, 0.2) is 5.16 Å². The fourth-order valence-electron chi connectivity index (χ4n) is 3.41. The summed E-state index contributed by atoms with van der Waals surface area (Å²) in [4.78, 5) is 47.0. The van der Waals surface area contributed by atoms with Crippen LogP contribution in [0.4, 0.5) is 5.69 Å². The monoisotopic (exact) mass is 488 g/mol. The normalized spacial score (nSPS) is 11.0. The van der Waals surface area contributed by atoms with Gasteiger partial charge in [-0.25, -0.2) is 19.3 Å². The van der Waals surface area contributed by atoms with Gasteiger partial charge < -0.3 is 10.1 Å². The molecule has 2 heterocycles. The van der Waals surface area contributed by atoms with Crippen molar-refractivity contribution in [2.75, 3.05) is 11.1 Å². The third-order valence-corrected chi connectivity index (χ3v) is 5.96. The number of nitrogens with zero attached hydrogens (tertiary/aromatic N) is 3. The summed E-state index contributed by atoms with van der Waals surface area (Å²) >= 11 is 1.15. The summed E-state index contributed by atoms with van der Waals surface area (Å²) in [6, 6.07) is 17.2. The number of fused-ring (bicyclic) bond motifs is 1. The summed E-state index contributed by atoms with van der Waals surface area (Å²) in [5, 5.41) is 3.65. The quantitative estimate of drug-likeness (QED) is 0.234. The first-order chi connectivity index (χ1) is 16.8. The molecule has 4 rings (SSSR count). The maximum atomic E-state index is 13.3. The molecule has 0 atom stereocenters. The van der Waals surface area contributed by atoms with Crippen molar-refractivity contribution in [2.45, 2.75) is 32.0 Å². The van der Waals surface area contributed by atoms with E-state index >= 15 is 0 Å². The van der Waals surface area contributed by atoms with E-state index in [2.05, 4.69) is 15.3 Å². The second kappa shape index (κ2) is 10.5. The van der Waals surface area contributed by atoms with E-state index in [0.29, 0.717) is 33.1 Å². The Bertz CT molecular complexity index is 1450. The van der Waals surface area contributed by atoms with Crippen LogP contribution in [0.5, 0.6) is 0 Å². The Kier molecular flexibility index (Phi) is 7.26. The fourth-order valence-corrected chi connectivity index (χ4v) is 4.20. The molecule has 2 aromatic heterocycles. The molecule has 0 radical (unpaired) electrons. The van der Waals surface area contributed by atoms with Crippen molar-refractivity contribution < 1.29 is 14.3 Å². The van der Waals surface area contributed by atoms with Crippen molar-refractivity contribution in [3.8, 4) is 5.82 Å². The van der Waals surface area contributed by atoms with Crippen molar-refractivity contribution in [2.24, 2.45) is 0 Å². The van der Waals surface area contributed by atoms with Gasteiger partial charge in [0.2, 0.25) is 5.91 Å². The van der Waals surface area contributed by atoms with Gasteiger partial charge >= 0.3 is 5.97 Å². The maximum Gasteiger partial charge on any atom is 0.338 e. The number of para-hydroxylation sites is 1. The molecular formula is C26H24N4O4S. The summed E-state index contributed by atoms with van der Waals surface area (Å²) in [7, 11) is 0. The summed E-state index contributed by atoms with van der Waals surface area (Å²) < 4.78 is 6.62. The molecule has 178 valence electrons. The highest BCUT2D eigenvalue weighted by atomic mass is 32.2. The van der Waals surface area contributed by atoms with Crippen molar-refractivity contribution in [3.63, 3.8) is 0 Å². The number of thioether (sulfide) groups is 1. The number of amides is 1. The van der Waals surface area contributed by atoms with Gasteiger partial charge in [0.25, 0.3) is 5.56 Å².